The highest BCUT2D eigenvalue weighted by molar-refractivity contribution is 6.37. The summed E-state index contributed by atoms with van der Waals surface area (Å²) in [5, 5.41) is 14.1. The molecular formula is C20H19Cl2FN2O4. The van der Waals surface area contributed by atoms with Crippen LogP contribution in [0.25, 0.3) is 0 Å². The van der Waals surface area contributed by atoms with E-state index in [1.54, 1.807) is 18.2 Å². The number of carboxylic acids is 1. The van der Waals surface area contributed by atoms with Crippen molar-refractivity contribution in [1.82, 2.24) is 5.32 Å². The van der Waals surface area contributed by atoms with Crippen molar-refractivity contribution in [2.75, 3.05) is 11.9 Å². The number of anilines is 1. The van der Waals surface area contributed by atoms with Crippen LogP contribution < -0.4 is 15.4 Å². The zero-order valence-corrected chi connectivity index (χ0v) is 16.8. The Labute approximate surface area is 177 Å². The first-order chi connectivity index (χ1) is 13.8. The molecule has 1 amide bonds. The molecule has 0 spiro atoms. The molecule has 2 aromatic rings. The van der Waals surface area contributed by atoms with Gasteiger partial charge in [0.05, 0.1) is 15.7 Å². The molecule has 1 saturated carbocycles. The molecule has 0 aliphatic heterocycles. The lowest BCUT2D eigenvalue weighted by atomic mass is 9.93. The summed E-state index contributed by atoms with van der Waals surface area (Å²) in [5.74, 6) is -2.09. The van der Waals surface area contributed by atoms with Gasteiger partial charge in [0.2, 0.25) is 0 Å². The van der Waals surface area contributed by atoms with Gasteiger partial charge in [-0.15, -0.1) is 0 Å². The second-order valence-corrected chi connectivity index (χ2v) is 7.50. The maximum absolute atomic E-state index is 14.7. The van der Waals surface area contributed by atoms with Crippen molar-refractivity contribution >= 4 is 40.8 Å². The Hall–Kier alpha value is -2.51. The molecule has 1 fully saturated rings. The number of amides is 1. The number of halogens is 3. The standard InChI is InChI=1S/C20H19Cl2FN2O4/c21-14-7-12(20(28)24-9-17(26)27)8-15(22)19(14)29-10-11-3-1-6-16(18(11)23)25-13-4-2-5-13/h1,3,6-8,13,25H,2,4-5,9-10H2,(H,24,28)(H,26,27). The SMILES string of the molecule is O=C(O)CNC(=O)c1cc(Cl)c(OCc2cccc(NC3CCC3)c2F)c(Cl)c1. The summed E-state index contributed by atoms with van der Waals surface area (Å²) in [7, 11) is 0. The van der Waals surface area contributed by atoms with Gasteiger partial charge in [0, 0.05) is 17.2 Å². The van der Waals surface area contributed by atoms with Crippen LogP contribution in [0.4, 0.5) is 10.1 Å². The van der Waals surface area contributed by atoms with Crippen LogP contribution in [0.1, 0.15) is 35.2 Å². The highest BCUT2D eigenvalue weighted by atomic mass is 35.5. The molecule has 1 aliphatic carbocycles. The van der Waals surface area contributed by atoms with Crippen molar-refractivity contribution in [1.29, 1.82) is 0 Å². The fourth-order valence-corrected chi connectivity index (χ4v) is 3.41. The molecule has 6 nitrogen and oxygen atoms in total. The lowest BCUT2D eigenvalue weighted by Gasteiger charge is -2.28. The number of aliphatic carboxylic acids is 1. The van der Waals surface area contributed by atoms with E-state index in [-0.39, 0.29) is 28.0 Å². The quantitative estimate of drug-likeness (QED) is 0.562. The molecule has 0 atom stereocenters. The number of hydrogen-bond acceptors (Lipinski definition) is 4. The van der Waals surface area contributed by atoms with Crippen molar-refractivity contribution < 1.29 is 23.8 Å². The first-order valence-corrected chi connectivity index (χ1v) is 9.76. The first kappa shape index (κ1) is 21.2. The maximum atomic E-state index is 14.7. The zero-order valence-electron chi connectivity index (χ0n) is 15.3. The maximum Gasteiger partial charge on any atom is 0.322 e. The van der Waals surface area contributed by atoms with E-state index in [0.717, 1.165) is 19.3 Å². The van der Waals surface area contributed by atoms with Crippen molar-refractivity contribution in [2.45, 2.75) is 31.9 Å². The molecule has 2 aromatic carbocycles. The van der Waals surface area contributed by atoms with Gasteiger partial charge in [0.1, 0.15) is 13.2 Å². The smallest absolute Gasteiger partial charge is 0.322 e. The fourth-order valence-electron chi connectivity index (χ4n) is 2.81. The van der Waals surface area contributed by atoms with Crippen LogP contribution in [0.15, 0.2) is 30.3 Å². The molecule has 3 rings (SSSR count). The number of ether oxygens (including phenoxy) is 1. The van der Waals surface area contributed by atoms with Crippen LogP contribution in [0.2, 0.25) is 10.0 Å². The average molecular weight is 441 g/mol. The van der Waals surface area contributed by atoms with Crippen LogP contribution in [-0.4, -0.2) is 29.6 Å². The monoisotopic (exact) mass is 440 g/mol. The molecule has 3 N–H and O–H groups in total. The summed E-state index contributed by atoms with van der Waals surface area (Å²) in [6.07, 6.45) is 3.19. The predicted molar refractivity (Wildman–Crippen MR) is 108 cm³/mol. The molecule has 0 bridgehead atoms. The highest BCUT2D eigenvalue weighted by Gasteiger charge is 2.20. The lowest BCUT2D eigenvalue weighted by molar-refractivity contribution is -0.135. The van der Waals surface area contributed by atoms with E-state index in [9.17, 15) is 14.0 Å². The third-order valence-electron chi connectivity index (χ3n) is 4.58. The number of carbonyl (C=O) groups excluding carboxylic acids is 1. The van der Waals surface area contributed by atoms with Crippen molar-refractivity contribution in [2.24, 2.45) is 0 Å². The summed E-state index contributed by atoms with van der Waals surface area (Å²) in [5.41, 5.74) is 0.856. The summed E-state index contributed by atoms with van der Waals surface area (Å²) in [6, 6.07) is 7.94. The van der Waals surface area contributed by atoms with Crippen LogP contribution in [0.5, 0.6) is 5.75 Å². The topological polar surface area (TPSA) is 87.7 Å². The Morgan fingerprint density at radius 3 is 2.48 bits per heavy atom. The van der Waals surface area contributed by atoms with Gasteiger partial charge in [0.25, 0.3) is 5.91 Å². The number of hydrogen-bond donors (Lipinski definition) is 3. The van der Waals surface area contributed by atoms with E-state index in [2.05, 4.69) is 10.6 Å². The fraction of sp³-hybridized carbons (Fsp3) is 0.300. The van der Waals surface area contributed by atoms with Crippen LogP contribution in [-0.2, 0) is 11.4 Å². The van der Waals surface area contributed by atoms with Gasteiger partial charge in [-0.25, -0.2) is 4.39 Å². The number of nitrogens with one attached hydrogen (secondary N) is 2. The summed E-state index contributed by atoms with van der Waals surface area (Å²) < 4.78 is 20.3. The molecule has 29 heavy (non-hydrogen) atoms. The van der Waals surface area contributed by atoms with E-state index in [1.165, 1.54) is 12.1 Å². The van der Waals surface area contributed by atoms with Crippen LogP contribution >= 0.6 is 23.2 Å². The Morgan fingerprint density at radius 2 is 1.90 bits per heavy atom. The second kappa shape index (κ2) is 9.33. The molecular weight excluding hydrogens is 422 g/mol. The Kier molecular flexibility index (Phi) is 6.82. The van der Waals surface area contributed by atoms with Gasteiger partial charge >= 0.3 is 5.97 Å². The third-order valence-corrected chi connectivity index (χ3v) is 5.14. The first-order valence-electron chi connectivity index (χ1n) is 9.01. The summed E-state index contributed by atoms with van der Waals surface area (Å²) in [6.45, 7) is -0.632. The van der Waals surface area contributed by atoms with Crippen molar-refractivity contribution in [3.8, 4) is 5.75 Å². The Balaban J connectivity index is 1.70. The average Bonchev–Trinajstić information content (AvgIpc) is 2.63. The number of rotatable bonds is 8. The lowest BCUT2D eigenvalue weighted by Crippen LogP contribution is -2.29. The van der Waals surface area contributed by atoms with Crippen molar-refractivity contribution in [3.63, 3.8) is 0 Å². The van der Waals surface area contributed by atoms with Crippen LogP contribution in [0.3, 0.4) is 0 Å². The van der Waals surface area contributed by atoms with Gasteiger partial charge in [-0.1, -0.05) is 35.3 Å². The molecule has 0 aromatic heterocycles. The highest BCUT2D eigenvalue weighted by Crippen LogP contribution is 2.35. The van der Waals surface area contributed by atoms with Crippen LogP contribution in [0, 0.1) is 5.82 Å². The molecule has 0 radical (unpaired) electrons. The van der Waals surface area contributed by atoms with E-state index in [4.69, 9.17) is 33.0 Å². The van der Waals surface area contributed by atoms with E-state index >= 15 is 0 Å². The molecule has 0 unspecified atom stereocenters. The van der Waals surface area contributed by atoms with E-state index in [1.807, 2.05) is 0 Å². The molecule has 154 valence electrons. The zero-order chi connectivity index (χ0) is 21.0. The normalized spacial score (nSPS) is 13.5. The minimum Gasteiger partial charge on any atom is -0.486 e. The molecule has 9 heteroatoms. The number of carbonyl (C=O) groups is 2. The van der Waals surface area contributed by atoms with Gasteiger partial charge in [-0.05, 0) is 37.5 Å². The number of carboxylic acid groups (broad SMARTS) is 1. The Morgan fingerprint density at radius 1 is 1.21 bits per heavy atom. The molecule has 1 aliphatic rings. The summed E-state index contributed by atoms with van der Waals surface area (Å²) in [4.78, 5) is 22.5. The van der Waals surface area contributed by atoms with E-state index in [0.29, 0.717) is 17.3 Å². The molecule has 0 saturated heterocycles. The largest absolute Gasteiger partial charge is 0.486 e. The van der Waals surface area contributed by atoms with Gasteiger partial charge in [0.15, 0.2) is 11.6 Å². The Bertz CT molecular complexity index is 912. The minimum atomic E-state index is -1.17. The summed E-state index contributed by atoms with van der Waals surface area (Å²) >= 11 is 12.3. The van der Waals surface area contributed by atoms with Gasteiger partial charge < -0.3 is 20.5 Å². The van der Waals surface area contributed by atoms with E-state index < -0.39 is 24.2 Å². The van der Waals surface area contributed by atoms with Gasteiger partial charge in [-0.2, -0.15) is 0 Å². The van der Waals surface area contributed by atoms with Gasteiger partial charge in [-0.3, -0.25) is 9.59 Å². The van der Waals surface area contributed by atoms with Crippen molar-refractivity contribution in [3.05, 3.63) is 57.3 Å². The minimum absolute atomic E-state index is 0.0575. The molecule has 0 heterocycles. The third kappa shape index (κ3) is 5.31. The second-order valence-electron chi connectivity index (χ2n) is 6.68. The number of benzene rings is 2. The predicted octanol–water partition coefficient (Wildman–Crippen LogP) is 4.49.